The molecule has 5 aromatic rings. The van der Waals surface area contributed by atoms with E-state index in [0.29, 0.717) is 12.2 Å². The van der Waals surface area contributed by atoms with Crippen LogP contribution in [0.5, 0.6) is 0 Å². The maximum Gasteiger partial charge on any atom is 0.332 e. The number of carbonyl (C=O) groups excluding carboxylic acids is 2. The van der Waals surface area contributed by atoms with Crippen molar-refractivity contribution in [2.45, 2.75) is 22.1 Å². The Morgan fingerprint density at radius 3 is 2.51 bits per heavy atom. The fourth-order valence-corrected chi connectivity index (χ4v) is 7.60. The predicted octanol–water partition coefficient (Wildman–Crippen LogP) is 6.64. The van der Waals surface area contributed by atoms with Crippen LogP contribution in [0.3, 0.4) is 0 Å². The van der Waals surface area contributed by atoms with E-state index >= 15 is 4.79 Å². The summed E-state index contributed by atoms with van der Waals surface area (Å²) in [5.41, 5.74) is 4.97. The quantitative estimate of drug-likeness (QED) is 0.187. The number of hydrogen-bond acceptors (Lipinski definition) is 5. The van der Waals surface area contributed by atoms with Gasteiger partial charge in [-0.05, 0) is 41.0 Å². The number of rotatable bonds is 5. The van der Waals surface area contributed by atoms with E-state index in [1.807, 2.05) is 102 Å². The summed E-state index contributed by atoms with van der Waals surface area (Å²) in [5.74, 6) is -0.520. The highest BCUT2D eigenvalue weighted by molar-refractivity contribution is 8.00. The Morgan fingerprint density at radius 2 is 1.66 bits per heavy atom. The minimum absolute atomic E-state index is 0.0400. The highest BCUT2D eigenvalue weighted by atomic mass is 32.2. The molecule has 7 rings (SSSR count). The molecule has 4 aromatic carbocycles. The lowest BCUT2D eigenvalue weighted by Gasteiger charge is -2.40. The van der Waals surface area contributed by atoms with Gasteiger partial charge in [-0.1, -0.05) is 78.9 Å². The molecule has 6 nitrogen and oxygen atoms in total. The summed E-state index contributed by atoms with van der Waals surface area (Å²) in [6.45, 7) is 0.429. The van der Waals surface area contributed by atoms with E-state index in [1.165, 1.54) is 13.2 Å². The number of carbonyl (C=O) groups is 2. The first kappa shape index (κ1) is 25.2. The van der Waals surface area contributed by atoms with Crippen LogP contribution in [0, 0.1) is 0 Å². The van der Waals surface area contributed by atoms with Gasteiger partial charge in [-0.25, -0.2) is 4.79 Å². The van der Waals surface area contributed by atoms with E-state index in [4.69, 9.17) is 4.74 Å². The summed E-state index contributed by atoms with van der Waals surface area (Å²) in [4.78, 5) is 34.3. The predicted molar refractivity (Wildman–Crippen MR) is 163 cm³/mol. The van der Waals surface area contributed by atoms with Crippen molar-refractivity contribution in [2.24, 2.45) is 0 Å². The summed E-state index contributed by atoms with van der Waals surface area (Å²) in [5, 5.41) is 3.97. The number of benzene rings is 4. The topological polar surface area (TPSA) is 74.4 Å². The molecule has 41 heavy (non-hydrogen) atoms. The molecule has 0 unspecified atom stereocenters. The van der Waals surface area contributed by atoms with Gasteiger partial charge in [-0.2, -0.15) is 0 Å². The van der Waals surface area contributed by atoms with Crippen molar-refractivity contribution in [1.29, 1.82) is 0 Å². The molecular formula is C34H27N3O3S. The van der Waals surface area contributed by atoms with Gasteiger partial charge in [-0.15, -0.1) is 11.8 Å². The molecule has 202 valence electrons. The van der Waals surface area contributed by atoms with Gasteiger partial charge < -0.3 is 19.9 Å². The van der Waals surface area contributed by atoms with Crippen LogP contribution in [0.2, 0.25) is 0 Å². The molecule has 0 aliphatic carbocycles. The Hall–Kier alpha value is -4.75. The molecule has 7 heteroatoms. The molecule has 0 spiro atoms. The maximum atomic E-state index is 15.3. The van der Waals surface area contributed by atoms with Crippen molar-refractivity contribution in [3.63, 3.8) is 0 Å². The highest BCUT2D eigenvalue weighted by Gasteiger charge is 2.59. The van der Waals surface area contributed by atoms with Gasteiger partial charge >= 0.3 is 5.97 Å². The number of fused-ring (bicyclic) bond motifs is 3. The van der Waals surface area contributed by atoms with Crippen LogP contribution >= 0.6 is 11.8 Å². The van der Waals surface area contributed by atoms with E-state index < -0.39 is 16.6 Å². The lowest BCUT2D eigenvalue weighted by atomic mass is 9.71. The van der Waals surface area contributed by atoms with Crippen molar-refractivity contribution < 1.29 is 14.3 Å². The standard InChI is InChI=1S/C34H27N3O3S/c1-40-31(38)19-28-32(41-30-18-10-8-16-27(30)36-28)34(25-20-35-26-15-7-5-13-23(25)26)24-14-6-9-17-29(24)37(33(34)39)21-22-11-3-2-4-12-22/h2-20,32,35-36H,21H2,1H3/b28-19-/t32-,34+/m0/s1. The number of methoxy groups -OCH3 is 1. The van der Waals surface area contributed by atoms with Crippen molar-refractivity contribution in [3.8, 4) is 0 Å². The minimum atomic E-state index is -1.16. The van der Waals surface area contributed by atoms with Crippen LogP contribution in [-0.2, 0) is 26.3 Å². The zero-order chi connectivity index (χ0) is 28.0. The van der Waals surface area contributed by atoms with Gasteiger partial charge in [0, 0.05) is 39.5 Å². The Balaban J connectivity index is 1.52. The normalized spacial score (nSPS) is 20.5. The van der Waals surface area contributed by atoms with Crippen molar-refractivity contribution >= 4 is 45.9 Å². The summed E-state index contributed by atoms with van der Waals surface area (Å²) >= 11 is 1.60. The van der Waals surface area contributed by atoms with E-state index in [2.05, 4.69) is 22.4 Å². The molecule has 2 atom stereocenters. The highest BCUT2D eigenvalue weighted by Crippen LogP contribution is 2.58. The Kier molecular flexibility index (Phi) is 6.16. The lowest BCUT2D eigenvalue weighted by Crippen LogP contribution is -2.50. The largest absolute Gasteiger partial charge is 0.466 e. The number of ether oxygens (including phenoxy) is 1. The molecule has 1 amide bonds. The summed E-state index contributed by atoms with van der Waals surface area (Å²) in [6, 6.07) is 34.1. The van der Waals surface area contributed by atoms with Crippen LogP contribution in [0.4, 0.5) is 11.4 Å². The van der Waals surface area contributed by atoms with Crippen LogP contribution < -0.4 is 10.2 Å². The third-order valence-electron chi connectivity index (χ3n) is 7.96. The number of hydrogen-bond donors (Lipinski definition) is 2. The fourth-order valence-electron chi connectivity index (χ4n) is 6.16. The third kappa shape index (κ3) is 3.96. The Morgan fingerprint density at radius 1 is 0.927 bits per heavy atom. The first-order chi connectivity index (χ1) is 20.1. The average Bonchev–Trinajstić information content (AvgIpc) is 3.55. The molecule has 2 aliphatic heterocycles. The summed E-state index contributed by atoms with van der Waals surface area (Å²) < 4.78 is 5.08. The second-order valence-corrected chi connectivity index (χ2v) is 11.3. The number of amides is 1. The van der Waals surface area contributed by atoms with Crippen LogP contribution in [0.15, 0.2) is 126 Å². The second-order valence-electron chi connectivity index (χ2n) is 10.2. The van der Waals surface area contributed by atoms with Gasteiger partial charge in [0.1, 0.15) is 5.41 Å². The monoisotopic (exact) mass is 557 g/mol. The second kappa shape index (κ2) is 10.0. The molecule has 2 aliphatic rings. The van der Waals surface area contributed by atoms with Gasteiger partial charge in [0.25, 0.3) is 0 Å². The molecule has 2 N–H and O–H groups in total. The van der Waals surface area contributed by atoms with E-state index in [1.54, 1.807) is 11.8 Å². The van der Waals surface area contributed by atoms with Crippen molar-refractivity contribution in [3.05, 3.63) is 138 Å². The third-order valence-corrected chi connectivity index (χ3v) is 9.41. The first-order valence-corrected chi connectivity index (χ1v) is 14.3. The van der Waals surface area contributed by atoms with Gasteiger partial charge in [-0.3, -0.25) is 4.79 Å². The summed E-state index contributed by atoms with van der Waals surface area (Å²) in [7, 11) is 1.37. The number of anilines is 2. The molecule has 3 heterocycles. The maximum absolute atomic E-state index is 15.3. The molecule has 0 saturated heterocycles. The van der Waals surface area contributed by atoms with Gasteiger partial charge in [0.15, 0.2) is 0 Å². The molecular weight excluding hydrogens is 530 g/mol. The zero-order valence-corrected chi connectivity index (χ0v) is 23.2. The number of nitrogens with zero attached hydrogens (tertiary/aromatic N) is 1. The Bertz CT molecular complexity index is 1830. The van der Waals surface area contributed by atoms with Crippen molar-refractivity contribution in [1.82, 2.24) is 4.98 Å². The summed E-state index contributed by atoms with van der Waals surface area (Å²) in [6.07, 6.45) is 3.45. The lowest BCUT2D eigenvalue weighted by molar-refractivity contribution is -0.135. The number of para-hydroxylation sites is 3. The smallest absolute Gasteiger partial charge is 0.332 e. The molecule has 0 bridgehead atoms. The zero-order valence-electron chi connectivity index (χ0n) is 22.3. The van der Waals surface area contributed by atoms with Gasteiger partial charge in [0.05, 0.1) is 24.6 Å². The number of nitrogens with one attached hydrogen (secondary N) is 2. The van der Waals surface area contributed by atoms with Gasteiger partial charge in [0.2, 0.25) is 5.91 Å². The number of thioether (sulfide) groups is 1. The van der Waals surface area contributed by atoms with Crippen LogP contribution in [0.25, 0.3) is 10.9 Å². The molecule has 0 radical (unpaired) electrons. The molecule has 0 saturated carbocycles. The molecule has 0 fully saturated rings. The first-order valence-electron chi connectivity index (χ1n) is 13.5. The van der Waals surface area contributed by atoms with Crippen LogP contribution in [0.1, 0.15) is 16.7 Å². The van der Waals surface area contributed by atoms with E-state index in [9.17, 15) is 4.79 Å². The van der Waals surface area contributed by atoms with Crippen LogP contribution in [-0.4, -0.2) is 29.2 Å². The fraction of sp³-hybridized carbons (Fsp3) is 0.118. The Labute approximate surface area is 242 Å². The van der Waals surface area contributed by atoms with Crippen molar-refractivity contribution in [2.75, 3.05) is 17.3 Å². The number of H-pyrrole nitrogens is 1. The minimum Gasteiger partial charge on any atom is -0.466 e. The number of aromatic nitrogens is 1. The SMILES string of the molecule is COC(=O)/C=C1\Nc2ccccc2S[C@@H]1[C@@]1(c2c[nH]c3ccccc23)C(=O)N(Cc2ccccc2)c2ccccc21. The molecule has 1 aromatic heterocycles. The average molecular weight is 558 g/mol. The number of aromatic amines is 1. The van der Waals surface area contributed by atoms with E-state index in [-0.39, 0.29) is 5.91 Å². The van der Waals surface area contributed by atoms with E-state index in [0.717, 1.165) is 43.9 Å². The number of esters is 1.